The molecule has 3 rings (SSSR count). The molecule has 2 aromatic carbocycles. The van der Waals surface area contributed by atoms with E-state index in [1.807, 2.05) is 62.1 Å². The summed E-state index contributed by atoms with van der Waals surface area (Å²) in [5.74, 6) is 0.178. The number of nitrogens with one attached hydrogen (secondary N) is 1. The summed E-state index contributed by atoms with van der Waals surface area (Å²) < 4.78 is 0. The normalized spacial score (nSPS) is 15.3. The Morgan fingerprint density at radius 1 is 0.964 bits per heavy atom. The molecule has 2 aromatic rings. The number of carbonyl (C=O) groups excluding carboxylic acids is 2. The summed E-state index contributed by atoms with van der Waals surface area (Å²) in [4.78, 5) is 27.2. The molecule has 0 spiro atoms. The monoisotopic (exact) mass is 378 g/mol. The minimum Gasteiger partial charge on any atom is -0.342 e. The molecule has 1 aliphatic rings. The molecule has 148 valence electrons. The van der Waals surface area contributed by atoms with Crippen molar-refractivity contribution in [1.82, 2.24) is 4.90 Å². The molecule has 0 unspecified atom stereocenters. The van der Waals surface area contributed by atoms with E-state index in [4.69, 9.17) is 0 Å². The van der Waals surface area contributed by atoms with Crippen LogP contribution in [0.25, 0.3) is 0 Å². The Bertz CT molecular complexity index is 816. The van der Waals surface area contributed by atoms with Crippen LogP contribution in [0, 0.1) is 11.3 Å². The van der Waals surface area contributed by atoms with Crippen LogP contribution in [0.2, 0.25) is 0 Å². The molecule has 0 bridgehead atoms. The predicted octanol–water partition coefficient (Wildman–Crippen LogP) is 4.50. The molecule has 1 aliphatic heterocycles. The fourth-order valence-electron chi connectivity index (χ4n) is 3.67. The SMILES string of the molecule is CC(C)(C)C(=O)N1CCC(C(=O)Nc2ccccc2Cc2ccccc2)CC1. The number of amides is 2. The topological polar surface area (TPSA) is 49.4 Å². The molecule has 0 atom stereocenters. The van der Waals surface area contributed by atoms with Gasteiger partial charge < -0.3 is 10.2 Å². The Labute approximate surface area is 167 Å². The van der Waals surface area contributed by atoms with Crippen molar-refractivity contribution in [3.8, 4) is 0 Å². The van der Waals surface area contributed by atoms with Crippen molar-refractivity contribution in [2.45, 2.75) is 40.0 Å². The molecule has 1 saturated heterocycles. The van der Waals surface area contributed by atoms with Crippen LogP contribution in [0.5, 0.6) is 0 Å². The third-order valence-corrected chi connectivity index (χ3v) is 5.31. The zero-order valence-electron chi connectivity index (χ0n) is 17.1. The summed E-state index contributed by atoms with van der Waals surface area (Å²) in [5, 5.41) is 3.13. The second-order valence-corrected chi connectivity index (χ2v) is 8.63. The van der Waals surface area contributed by atoms with Gasteiger partial charge in [-0.25, -0.2) is 0 Å². The lowest BCUT2D eigenvalue weighted by Crippen LogP contribution is -2.45. The van der Waals surface area contributed by atoms with Gasteiger partial charge in [-0.3, -0.25) is 9.59 Å². The van der Waals surface area contributed by atoms with Crippen LogP contribution < -0.4 is 5.32 Å². The quantitative estimate of drug-likeness (QED) is 0.851. The summed E-state index contributed by atoms with van der Waals surface area (Å²) in [6.45, 7) is 7.13. The highest BCUT2D eigenvalue weighted by molar-refractivity contribution is 5.93. The van der Waals surface area contributed by atoms with Gasteiger partial charge >= 0.3 is 0 Å². The van der Waals surface area contributed by atoms with E-state index in [1.165, 1.54) is 5.56 Å². The Morgan fingerprint density at radius 3 is 2.21 bits per heavy atom. The molecule has 28 heavy (non-hydrogen) atoms. The second-order valence-electron chi connectivity index (χ2n) is 8.63. The van der Waals surface area contributed by atoms with Crippen molar-refractivity contribution < 1.29 is 9.59 Å². The van der Waals surface area contributed by atoms with E-state index in [0.29, 0.717) is 25.9 Å². The van der Waals surface area contributed by atoms with Gasteiger partial charge in [0.1, 0.15) is 0 Å². The maximum Gasteiger partial charge on any atom is 0.227 e. The van der Waals surface area contributed by atoms with Gasteiger partial charge in [0.25, 0.3) is 0 Å². The number of hydrogen-bond acceptors (Lipinski definition) is 2. The highest BCUT2D eigenvalue weighted by Gasteiger charge is 2.32. The van der Waals surface area contributed by atoms with Gasteiger partial charge in [0, 0.05) is 30.1 Å². The number of nitrogens with zero attached hydrogens (tertiary/aromatic N) is 1. The summed E-state index contributed by atoms with van der Waals surface area (Å²) in [6, 6.07) is 18.3. The number of carbonyl (C=O) groups is 2. The van der Waals surface area contributed by atoms with Crippen molar-refractivity contribution in [3.63, 3.8) is 0 Å². The summed E-state index contributed by atoms with van der Waals surface area (Å²) in [7, 11) is 0. The predicted molar refractivity (Wildman–Crippen MR) is 113 cm³/mol. The van der Waals surface area contributed by atoms with E-state index >= 15 is 0 Å². The average molecular weight is 379 g/mol. The van der Waals surface area contributed by atoms with E-state index in [2.05, 4.69) is 23.5 Å². The fraction of sp³-hybridized carbons (Fsp3) is 0.417. The lowest BCUT2D eigenvalue weighted by Gasteiger charge is -2.35. The van der Waals surface area contributed by atoms with Crippen LogP contribution in [0.3, 0.4) is 0 Å². The zero-order chi connectivity index (χ0) is 20.1. The fourth-order valence-corrected chi connectivity index (χ4v) is 3.67. The van der Waals surface area contributed by atoms with Crippen molar-refractivity contribution in [2.24, 2.45) is 11.3 Å². The molecule has 0 aromatic heterocycles. The lowest BCUT2D eigenvalue weighted by atomic mass is 9.90. The molecular formula is C24H30N2O2. The molecule has 1 N–H and O–H groups in total. The first-order chi connectivity index (χ1) is 13.3. The maximum atomic E-state index is 12.8. The van der Waals surface area contributed by atoms with E-state index in [1.54, 1.807) is 0 Å². The number of anilines is 1. The van der Waals surface area contributed by atoms with E-state index in [9.17, 15) is 9.59 Å². The van der Waals surface area contributed by atoms with E-state index in [0.717, 1.165) is 17.7 Å². The van der Waals surface area contributed by atoms with Crippen LogP contribution in [0.4, 0.5) is 5.69 Å². The van der Waals surface area contributed by atoms with Crippen molar-refractivity contribution in [2.75, 3.05) is 18.4 Å². The summed E-state index contributed by atoms with van der Waals surface area (Å²) >= 11 is 0. The largest absolute Gasteiger partial charge is 0.342 e. The van der Waals surface area contributed by atoms with E-state index in [-0.39, 0.29) is 23.1 Å². The Balaban J connectivity index is 1.61. The van der Waals surface area contributed by atoms with Gasteiger partial charge in [-0.15, -0.1) is 0 Å². The van der Waals surface area contributed by atoms with Crippen LogP contribution in [-0.4, -0.2) is 29.8 Å². The first kappa shape index (κ1) is 20.1. The maximum absolute atomic E-state index is 12.8. The zero-order valence-corrected chi connectivity index (χ0v) is 17.1. The number of para-hydroxylation sites is 1. The molecule has 2 amide bonds. The van der Waals surface area contributed by atoms with Gasteiger partial charge in [0.05, 0.1) is 0 Å². The molecule has 0 saturated carbocycles. The van der Waals surface area contributed by atoms with Crippen LogP contribution >= 0.6 is 0 Å². The smallest absolute Gasteiger partial charge is 0.227 e. The molecular weight excluding hydrogens is 348 g/mol. The highest BCUT2D eigenvalue weighted by atomic mass is 16.2. The average Bonchev–Trinajstić information content (AvgIpc) is 2.69. The first-order valence-electron chi connectivity index (χ1n) is 10.1. The number of likely N-dealkylation sites (tertiary alicyclic amines) is 1. The molecule has 4 heteroatoms. The number of benzene rings is 2. The van der Waals surface area contributed by atoms with Crippen molar-refractivity contribution in [3.05, 3.63) is 65.7 Å². The standard InChI is InChI=1S/C24H30N2O2/c1-24(2,3)23(28)26-15-13-19(14-16-26)22(27)25-21-12-8-7-11-20(21)17-18-9-5-4-6-10-18/h4-12,19H,13-17H2,1-3H3,(H,25,27). The molecule has 0 aliphatic carbocycles. The lowest BCUT2D eigenvalue weighted by molar-refractivity contribution is -0.142. The van der Waals surface area contributed by atoms with Gasteiger partial charge in [-0.1, -0.05) is 69.3 Å². The van der Waals surface area contributed by atoms with Gasteiger partial charge in [-0.2, -0.15) is 0 Å². The van der Waals surface area contributed by atoms with Crippen LogP contribution in [0.15, 0.2) is 54.6 Å². The van der Waals surface area contributed by atoms with Crippen molar-refractivity contribution >= 4 is 17.5 Å². The molecule has 1 heterocycles. The number of rotatable bonds is 4. The molecule has 4 nitrogen and oxygen atoms in total. The summed E-state index contributed by atoms with van der Waals surface area (Å²) in [5.41, 5.74) is 2.84. The van der Waals surface area contributed by atoms with Crippen LogP contribution in [0.1, 0.15) is 44.7 Å². The molecule has 0 radical (unpaired) electrons. The first-order valence-corrected chi connectivity index (χ1v) is 10.1. The second kappa shape index (κ2) is 8.59. The summed E-state index contributed by atoms with van der Waals surface area (Å²) in [6.07, 6.45) is 2.22. The minimum absolute atomic E-state index is 0.0474. The van der Waals surface area contributed by atoms with Crippen molar-refractivity contribution in [1.29, 1.82) is 0 Å². The van der Waals surface area contributed by atoms with Gasteiger partial charge in [-0.05, 0) is 36.5 Å². The number of piperidine rings is 1. The van der Waals surface area contributed by atoms with E-state index < -0.39 is 0 Å². The van der Waals surface area contributed by atoms with Gasteiger partial charge in [0.15, 0.2) is 0 Å². The Kier molecular flexibility index (Phi) is 6.18. The Hall–Kier alpha value is -2.62. The Morgan fingerprint density at radius 2 is 1.57 bits per heavy atom. The number of hydrogen-bond donors (Lipinski definition) is 1. The third kappa shape index (κ3) is 5.00. The molecule has 1 fully saturated rings. The van der Waals surface area contributed by atoms with Gasteiger partial charge in [0.2, 0.25) is 11.8 Å². The van der Waals surface area contributed by atoms with Crippen LogP contribution in [-0.2, 0) is 16.0 Å². The third-order valence-electron chi connectivity index (χ3n) is 5.31. The minimum atomic E-state index is -0.370. The highest BCUT2D eigenvalue weighted by Crippen LogP contribution is 2.26.